The van der Waals surface area contributed by atoms with Gasteiger partial charge in [-0.05, 0) is 49.6 Å². The van der Waals surface area contributed by atoms with Gasteiger partial charge in [0.05, 0.1) is 9.82 Å². The molecule has 3 rings (SSSR count). The van der Waals surface area contributed by atoms with Crippen LogP contribution in [0.1, 0.15) is 32.6 Å². The van der Waals surface area contributed by atoms with E-state index in [4.69, 9.17) is 0 Å². The highest BCUT2D eigenvalue weighted by Crippen LogP contribution is 2.29. The van der Waals surface area contributed by atoms with E-state index >= 15 is 0 Å². The lowest BCUT2D eigenvalue weighted by molar-refractivity contribution is -0.387. The maximum Gasteiger partial charge on any atom is 0.289 e. The van der Waals surface area contributed by atoms with E-state index in [1.54, 1.807) is 0 Å². The Morgan fingerprint density at radius 2 is 1.73 bits per heavy atom. The molecular formula is C19H23N3O6S2. The number of benzene rings is 2. The summed E-state index contributed by atoms with van der Waals surface area (Å²) >= 11 is 0. The zero-order chi connectivity index (χ0) is 21.9. The Kier molecular flexibility index (Phi) is 6.44. The highest BCUT2D eigenvalue weighted by atomic mass is 32.2. The van der Waals surface area contributed by atoms with Crippen LogP contribution in [0.5, 0.6) is 0 Å². The van der Waals surface area contributed by atoms with Crippen molar-refractivity contribution in [1.29, 1.82) is 0 Å². The van der Waals surface area contributed by atoms with Crippen molar-refractivity contribution in [2.75, 3.05) is 11.3 Å². The standard InChI is InChI=1S/C19H23N3O6S2/c1-2-16-7-5-6-14-21(16)30(27,28)17-12-10-15(11-13-17)20-29(25,26)19-9-4-3-8-18(19)22(23)24/h3-4,8-13,16,20H,2,5-7,14H2,1H3. The first-order chi connectivity index (χ1) is 14.2. The van der Waals surface area contributed by atoms with E-state index in [0.29, 0.717) is 6.54 Å². The minimum Gasteiger partial charge on any atom is -0.279 e. The highest BCUT2D eigenvalue weighted by Gasteiger charge is 2.32. The van der Waals surface area contributed by atoms with Gasteiger partial charge in [0.25, 0.3) is 15.7 Å². The van der Waals surface area contributed by atoms with Crippen LogP contribution in [-0.4, -0.2) is 38.7 Å². The Labute approximate surface area is 176 Å². The summed E-state index contributed by atoms with van der Waals surface area (Å²) in [7, 11) is -7.91. The molecule has 1 aliphatic rings. The van der Waals surface area contributed by atoms with Crippen molar-refractivity contribution in [2.45, 2.75) is 48.4 Å². The third kappa shape index (κ3) is 4.47. The number of nitro benzene ring substituents is 1. The lowest BCUT2D eigenvalue weighted by Crippen LogP contribution is -2.43. The Hall–Kier alpha value is -2.50. The summed E-state index contributed by atoms with van der Waals surface area (Å²) in [5, 5.41) is 11.1. The molecule has 1 unspecified atom stereocenters. The Morgan fingerprint density at radius 1 is 1.07 bits per heavy atom. The number of nitro groups is 1. The van der Waals surface area contributed by atoms with Crippen LogP contribution >= 0.6 is 0 Å². The fourth-order valence-electron chi connectivity index (χ4n) is 3.57. The van der Waals surface area contributed by atoms with Crippen molar-refractivity contribution < 1.29 is 21.8 Å². The Morgan fingerprint density at radius 3 is 2.37 bits per heavy atom. The van der Waals surface area contributed by atoms with Gasteiger partial charge in [0, 0.05) is 24.3 Å². The molecule has 2 aromatic carbocycles. The topological polar surface area (TPSA) is 127 Å². The molecule has 0 bridgehead atoms. The molecule has 1 atom stereocenters. The summed E-state index contributed by atoms with van der Waals surface area (Å²) in [6.07, 6.45) is 3.36. The summed E-state index contributed by atoms with van der Waals surface area (Å²) in [6.45, 7) is 2.42. The summed E-state index contributed by atoms with van der Waals surface area (Å²) in [4.78, 5) is 9.96. The molecule has 2 aromatic rings. The Balaban J connectivity index is 1.85. The van der Waals surface area contributed by atoms with Gasteiger partial charge in [-0.3, -0.25) is 14.8 Å². The van der Waals surface area contributed by atoms with Crippen molar-refractivity contribution in [3.8, 4) is 0 Å². The lowest BCUT2D eigenvalue weighted by Gasteiger charge is -2.34. The average Bonchev–Trinajstić information content (AvgIpc) is 2.73. The summed E-state index contributed by atoms with van der Waals surface area (Å²) < 4.78 is 55.0. The monoisotopic (exact) mass is 453 g/mol. The maximum absolute atomic E-state index is 13.0. The van der Waals surface area contributed by atoms with Crippen LogP contribution in [0.25, 0.3) is 0 Å². The van der Waals surface area contributed by atoms with Gasteiger partial charge < -0.3 is 0 Å². The van der Waals surface area contributed by atoms with Crippen LogP contribution in [0, 0.1) is 10.1 Å². The minimum atomic E-state index is -4.22. The highest BCUT2D eigenvalue weighted by molar-refractivity contribution is 7.93. The number of nitrogens with one attached hydrogen (secondary N) is 1. The van der Waals surface area contributed by atoms with Crippen LogP contribution in [0.4, 0.5) is 11.4 Å². The molecule has 0 amide bonds. The van der Waals surface area contributed by atoms with Crippen molar-refractivity contribution in [3.63, 3.8) is 0 Å². The fraction of sp³-hybridized carbons (Fsp3) is 0.368. The van der Waals surface area contributed by atoms with Crippen LogP contribution in [-0.2, 0) is 20.0 Å². The first kappa shape index (κ1) is 22.2. The molecule has 1 saturated heterocycles. The molecule has 0 aromatic heterocycles. The first-order valence-corrected chi connectivity index (χ1v) is 12.5. The summed E-state index contributed by atoms with van der Waals surface area (Å²) in [5.41, 5.74) is -0.433. The van der Waals surface area contributed by atoms with Crippen molar-refractivity contribution in [1.82, 2.24) is 4.31 Å². The van der Waals surface area contributed by atoms with Crippen molar-refractivity contribution in [2.24, 2.45) is 0 Å². The molecule has 1 aliphatic heterocycles. The van der Waals surface area contributed by atoms with E-state index in [1.165, 1.54) is 40.7 Å². The molecule has 11 heteroatoms. The van der Waals surface area contributed by atoms with E-state index in [-0.39, 0.29) is 16.6 Å². The van der Waals surface area contributed by atoms with Crippen LogP contribution in [0.15, 0.2) is 58.3 Å². The molecule has 0 saturated carbocycles. The molecule has 0 aliphatic carbocycles. The second-order valence-corrected chi connectivity index (χ2v) is 10.6. The van der Waals surface area contributed by atoms with Crippen molar-refractivity contribution >= 4 is 31.4 Å². The first-order valence-electron chi connectivity index (χ1n) is 9.55. The fourth-order valence-corrected chi connectivity index (χ4v) is 6.57. The third-order valence-corrected chi connectivity index (χ3v) is 8.50. The predicted octanol–water partition coefficient (Wildman–Crippen LogP) is 3.35. The minimum absolute atomic E-state index is 0.0411. The van der Waals surface area contributed by atoms with E-state index in [0.717, 1.165) is 37.8 Å². The van der Waals surface area contributed by atoms with Gasteiger partial charge in [-0.15, -0.1) is 0 Å². The maximum atomic E-state index is 13.0. The van der Waals surface area contributed by atoms with Gasteiger partial charge in [0.1, 0.15) is 0 Å². The summed E-state index contributed by atoms with van der Waals surface area (Å²) in [5.74, 6) is 0. The smallest absolute Gasteiger partial charge is 0.279 e. The zero-order valence-electron chi connectivity index (χ0n) is 16.4. The largest absolute Gasteiger partial charge is 0.289 e. The second kappa shape index (κ2) is 8.70. The normalized spacial score (nSPS) is 18.1. The number of sulfonamides is 2. The van der Waals surface area contributed by atoms with Gasteiger partial charge in [0.15, 0.2) is 4.90 Å². The summed E-state index contributed by atoms with van der Waals surface area (Å²) in [6, 6.07) is 10.3. The number of nitrogens with zero attached hydrogens (tertiary/aromatic N) is 2. The van der Waals surface area contributed by atoms with Crippen molar-refractivity contribution in [3.05, 3.63) is 58.6 Å². The van der Waals surface area contributed by atoms with Gasteiger partial charge in [-0.2, -0.15) is 4.31 Å². The molecule has 0 spiro atoms. The molecule has 1 fully saturated rings. The van der Waals surface area contributed by atoms with Gasteiger partial charge in [-0.25, -0.2) is 16.8 Å². The number of piperidine rings is 1. The molecule has 30 heavy (non-hydrogen) atoms. The Bertz CT molecular complexity index is 1130. The number of para-hydroxylation sites is 1. The number of rotatable bonds is 7. The van der Waals surface area contributed by atoms with Crippen LogP contribution in [0.3, 0.4) is 0 Å². The molecule has 1 N–H and O–H groups in total. The molecule has 9 nitrogen and oxygen atoms in total. The van der Waals surface area contributed by atoms with Crippen LogP contribution < -0.4 is 4.72 Å². The number of hydrogen-bond acceptors (Lipinski definition) is 6. The molecule has 1 heterocycles. The van der Waals surface area contributed by atoms with Gasteiger partial charge in [-0.1, -0.05) is 25.5 Å². The van der Waals surface area contributed by atoms with Crippen LogP contribution in [0.2, 0.25) is 0 Å². The molecule has 162 valence electrons. The van der Waals surface area contributed by atoms with E-state index in [9.17, 15) is 26.9 Å². The average molecular weight is 454 g/mol. The molecule has 0 radical (unpaired) electrons. The van der Waals surface area contributed by atoms with E-state index in [1.807, 2.05) is 6.92 Å². The SMILES string of the molecule is CCC1CCCCN1S(=O)(=O)c1ccc(NS(=O)(=O)c2ccccc2[N+](=O)[O-])cc1. The lowest BCUT2D eigenvalue weighted by atomic mass is 10.0. The van der Waals surface area contributed by atoms with E-state index < -0.39 is 35.6 Å². The zero-order valence-corrected chi connectivity index (χ0v) is 18.0. The third-order valence-electron chi connectivity index (χ3n) is 5.11. The predicted molar refractivity (Wildman–Crippen MR) is 112 cm³/mol. The van der Waals surface area contributed by atoms with Gasteiger partial charge >= 0.3 is 0 Å². The molecular weight excluding hydrogens is 430 g/mol. The second-order valence-electron chi connectivity index (χ2n) is 7.03. The quantitative estimate of drug-likeness (QED) is 0.506. The number of hydrogen-bond donors (Lipinski definition) is 1. The number of anilines is 1. The van der Waals surface area contributed by atoms with Gasteiger partial charge in [0.2, 0.25) is 10.0 Å². The van der Waals surface area contributed by atoms with E-state index in [2.05, 4.69) is 4.72 Å².